The first-order valence-corrected chi connectivity index (χ1v) is 10.4. The summed E-state index contributed by atoms with van der Waals surface area (Å²) in [4.78, 5) is 17.3. The number of aromatic nitrogens is 1. The summed E-state index contributed by atoms with van der Waals surface area (Å²) in [7, 11) is -3.53. The number of hydrogen-bond donors (Lipinski definition) is 2. The zero-order chi connectivity index (χ0) is 17.7. The molecular formula is C17H21N3O4S. The van der Waals surface area contributed by atoms with Crippen molar-refractivity contribution >= 4 is 32.5 Å². The number of carbonyl (C=O) groups is 1. The van der Waals surface area contributed by atoms with Crippen LogP contribution in [-0.2, 0) is 14.6 Å². The number of nitrogens with one attached hydrogen (secondary N) is 2. The topological polar surface area (TPSA) is 101 Å². The normalized spacial score (nSPS) is 20.5. The number of rotatable bonds is 4. The summed E-state index contributed by atoms with van der Waals surface area (Å²) in [6.45, 7) is 1.01. The molecule has 1 aromatic heterocycles. The molecule has 0 atom stereocenters. The van der Waals surface area contributed by atoms with Crippen LogP contribution in [0.1, 0.15) is 37.5 Å². The van der Waals surface area contributed by atoms with E-state index in [0.717, 1.165) is 25.0 Å². The van der Waals surface area contributed by atoms with Gasteiger partial charge in [0.1, 0.15) is 5.52 Å². The van der Waals surface area contributed by atoms with Crippen molar-refractivity contribution in [2.24, 2.45) is 0 Å². The molecule has 1 aliphatic heterocycles. The molecule has 1 aliphatic carbocycles. The van der Waals surface area contributed by atoms with Gasteiger partial charge in [0.25, 0.3) is 0 Å². The van der Waals surface area contributed by atoms with Gasteiger partial charge in [-0.3, -0.25) is 4.79 Å². The highest BCUT2D eigenvalue weighted by Crippen LogP contribution is 2.40. The molecule has 2 heterocycles. The van der Waals surface area contributed by atoms with Crippen LogP contribution in [0.2, 0.25) is 0 Å². The lowest BCUT2D eigenvalue weighted by Crippen LogP contribution is -2.55. The average Bonchev–Trinajstić information content (AvgIpc) is 3.34. The van der Waals surface area contributed by atoms with Gasteiger partial charge in [0.05, 0.1) is 0 Å². The minimum absolute atomic E-state index is 0.274. The number of anilines is 1. The SMILES string of the molecule is CS(=O)(=O)C1(C(=O)Nc2ccc3oc(C4CC4)nc3c2)CCNCC1. The zero-order valence-corrected chi connectivity index (χ0v) is 14.9. The highest BCUT2D eigenvalue weighted by Gasteiger charge is 2.48. The van der Waals surface area contributed by atoms with Crippen molar-refractivity contribution in [3.05, 3.63) is 24.1 Å². The van der Waals surface area contributed by atoms with Gasteiger partial charge in [0.2, 0.25) is 5.91 Å². The van der Waals surface area contributed by atoms with Gasteiger partial charge in [0, 0.05) is 17.9 Å². The quantitative estimate of drug-likeness (QED) is 0.859. The third kappa shape index (κ3) is 2.93. The average molecular weight is 363 g/mol. The van der Waals surface area contributed by atoms with Gasteiger partial charge >= 0.3 is 0 Å². The Morgan fingerprint density at radius 3 is 2.68 bits per heavy atom. The summed E-state index contributed by atoms with van der Waals surface area (Å²) >= 11 is 0. The molecule has 25 heavy (non-hydrogen) atoms. The number of piperidine rings is 1. The Kier molecular flexibility index (Phi) is 3.84. The zero-order valence-electron chi connectivity index (χ0n) is 14.0. The summed E-state index contributed by atoms with van der Waals surface area (Å²) in [5, 5.41) is 5.88. The van der Waals surface area contributed by atoms with E-state index in [-0.39, 0.29) is 12.8 Å². The Morgan fingerprint density at radius 2 is 2.04 bits per heavy atom. The van der Waals surface area contributed by atoms with Gasteiger partial charge in [-0.1, -0.05) is 0 Å². The first-order chi connectivity index (χ1) is 11.9. The maximum absolute atomic E-state index is 12.8. The molecule has 1 aromatic carbocycles. The van der Waals surface area contributed by atoms with Gasteiger partial charge < -0.3 is 15.1 Å². The minimum atomic E-state index is -3.53. The van der Waals surface area contributed by atoms with E-state index >= 15 is 0 Å². The van der Waals surface area contributed by atoms with Gasteiger partial charge in [-0.2, -0.15) is 0 Å². The Labute approximate surface area is 146 Å². The molecule has 0 unspecified atom stereocenters. The molecule has 4 rings (SSSR count). The fourth-order valence-corrected chi connectivity index (χ4v) is 4.70. The summed E-state index contributed by atoms with van der Waals surface area (Å²) in [5.41, 5.74) is 1.90. The van der Waals surface area contributed by atoms with Crippen molar-refractivity contribution < 1.29 is 17.6 Å². The van der Waals surface area contributed by atoms with E-state index < -0.39 is 20.5 Å². The van der Waals surface area contributed by atoms with Crippen molar-refractivity contribution in [2.45, 2.75) is 36.3 Å². The predicted molar refractivity (Wildman–Crippen MR) is 94.3 cm³/mol. The standard InChI is InChI=1S/C17H21N3O4S/c1-25(22,23)17(6-8-18-9-7-17)16(21)19-12-4-5-14-13(10-12)20-15(24-14)11-2-3-11/h4-5,10-11,18H,2-3,6-9H2,1H3,(H,19,21). The third-order valence-electron chi connectivity index (χ3n) is 5.12. The molecule has 134 valence electrons. The number of fused-ring (bicyclic) bond motifs is 1. The van der Waals surface area contributed by atoms with E-state index in [1.807, 2.05) is 0 Å². The number of hydrogen-bond acceptors (Lipinski definition) is 6. The molecule has 2 fully saturated rings. The lowest BCUT2D eigenvalue weighted by atomic mass is 9.95. The van der Waals surface area contributed by atoms with E-state index in [1.54, 1.807) is 18.2 Å². The third-order valence-corrected chi connectivity index (χ3v) is 7.14. The van der Waals surface area contributed by atoms with Gasteiger partial charge in [0.15, 0.2) is 26.1 Å². The molecule has 8 heteroatoms. The van der Waals surface area contributed by atoms with E-state index in [0.29, 0.717) is 35.8 Å². The van der Waals surface area contributed by atoms with Crippen LogP contribution in [0.5, 0.6) is 0 Å². The highest BCUT2D eigenvalue weighted by atomic mass is 32.2. The van der Waals surface area contributed by atoms with Crippen molar-refractivity contribution in [3.63, 3.8) is 0 Å². The smallest absolute Gasteiger partial charge is 0.245 e. The lowest BCUT2D eigenvalue weighted by molar-refractivity contribution is -0.119. The van der Waals surface area contributed by atoms with Crippen molar-refractivity contribution in [3.8, 4) is 0 Å². The Bertz CT molecular complexity index is 925. The number of benzene rings is 1. The predicted octanol–water partition coefficient (Wildman–Crippen LogP) is 1.81. The van der Waals surface area contributed by atoms with Crippen LogP contribution in [0.3, 0.4) is 0 Å². The summed E-state index contributed by atoms with van der Waals surface area (Å²) in [6, 6.07) is 5.22. The molecule has 2 aliphatic rings. The first kappa shape index (κ1) is 16.5. The van der Waals surface area contributed by atoms with Crippen LogP contribution in [0.15, 0.2) is 22.6 Å². The number of amides is 1. The van der Waals surface area contributed by atoms with Gasteiger partial charge in [-0.05, 0) is 57.0 Å². The molecule has 0 spiro atoms. The molecule has 2 N–H and O–H groups in total. The molecule has 1 saturated carbocycles. The van der Waals surface area contributed by atoms with E-state index in [1.165, 1.54) is 0 Å². The Morgan fingerprint density at radius 1 is 1.32 bits per heavy atom. The largest absolute Gasteiger partial charge is 0.440 e. The number of nitrogens with zero attached hydrogens (tertiary/aromatic N) is 1. The number of sulfone groups is 1. The highest BCUT2D eigenvalue weighted by molar-refractivity contribution is 7.92. The van der Waals surface area contributed by atoms with Crippen LogP contribution in [0.25, 0.3) is 11.1 Å². The second-order valence-electron chi connectivity index (χ2n) is 6.98. The fourth-order valence-electron chi connectivity index (χ4n) is 3.37. The lowest BCUT2D eigenvalue weighted by Gasteiger charge is -2.34. The van der Waals surface area contributed by atoms with Crippen LogP contribution >= 0.6 is 0 Å². The maximum atomic E-state index is 12.8. The second-order valence-corrected chi connectivity index (χ2v) is 9.31. The monoisotopic (exact) mass is 363 g/mol. The fraction of sp³-hybridized carbons (Fsp3) is 0.529. The molecule has 1 saturated heterocycles. The first-order valence-electron chi connectivity index (χ1n) is 8.51. The van der Waals surface area contributed by atoms with E-state index in [9.17, 15) is 13.2 Å². The van der Waals surface area contributed by atoms with E-state index in [4.69, 9.17) is 4.42 Å². The number of carbonyl (C=O) groups excluding carboxylic acids is 1. The summed E-state index contributed by atoms with van der Waals surface area (Å²) < 4.78 is 29.0. The molecular weight excluding hydrogens is 342 g/mol. The van der Waals surface area contributed by atoms with Gasteiger partial charge in [-0.25, -0.2) is 13.4 Å². The van der Waals surface area contributed by atoms with Crippen LogP contribution in [0.4, 0.5) is 5.69 Å². The molecule has 7 nitrogen and oxygen atoms in total. The van der Waals surface area contributed by atoms with Crippen molar-refractivity contribution in [2.75, 3.05) is 24.7 Å². The molecule has 0 bridgehead atoms. The van der Waals surface area contributed by atoms with E-state index in [2.05, 4.69) is 15.6 Å². The second kappa shape index (κ2) is 5.81. The Hall–Kier alpha value is -1.93. The summed E-state index contributed by atoms with van der Waals surface area (Å²) in [6.07, 6.45) is 3.88. The number of oxazole rings is 1. The molecule has 1 amide bonds. The van der Waals surface area contributed by atoms with Crippen molar-refractivity contribution in [1.29, 1.82) is 0 Å². The van der Waals surface area contributed by atoms with Crippen molar-refractivity contribution in [1.82, 2.24) is 10.3 Å². The van der Waals surface area contributed by atoms with Crippen LogP contribution in [0, 0.1) is 0 Å². The summed E-state index contributed by atoms with van der Waals surface area (Å²) in [5.74, 6) is 0.680. The van der Waals surface area contributed by atoms with Crippen LogP contribution < -0.4 is 10.6 Å². The molecule has 0 radical (unpaired) electrons. The van der Waals surface area contributed by atoms with Crippen LogP contribution in [-0.4, -0.2) is 43.4 Å². The van der Waals surface area contributed by atoms with Gasteiger partial charge in [-0.15, -0.1) is 0 Å². The maximum Gasteiger partial charge on any atom is 0.245 e. The molecule has 2 aromatic rings. The minimum Gasteiger partial charge on any atom is -0.440 e. The Balaban J connectivity index is 1.61.